The maximum absolute atomic E-state index is 12.2. The van der Waals surface area contributed by atoms with Crippen molar-refractivity contribution in [2.75, 3.05) is 12.4 Å². The number of carbonyl (C=O) groups excluding carboxylic acids is 2. The van der Waals surface area contributed by atoms with Crippen LogP contribution in [-0.2, 0) is 19.6 Å². The van der Waals surface area contributed by atoms with Crippen LogP contribution in [0.5, 0.6) is 0 Å². The topological polar surface area (TPSA) is 102 Å². The number of amides is 1. The molecule has 1 atom stereocenters. The van der Waals surface area contributed by atoms with E-state index in [9.17, 15) is 18.0 Å². The van der Waals surface area contributed by atoms with E-state index >= 15 is 0 Å². The molecule has 0 saturated heterocycles. The molecule has 0 radical (unpaired) electrons. The van der Waals surface area contributed by atoms with Crippen LogP contribution in [0.2, 0.25) is 0 Å². The van der Waals surface area contributed by atoms with Gasteiger partial charge in [-0.1, -0.05) is 22.0 Å². The second-order valence-corrected chi connectivity index (χ2v) is 8.08. The molecule has 1 unspecified atom stereocenters. The second kappa shape index (κ2) is 8.43. The highest BCUT2D eigenvalue weighted by atomic mass is 79.9. The molecule has 0 heterocycles. The summed E-state index contributed by atoms with van der Waals surface area (Å²) < 4.78 is 31.8. The Morgan fingerprint density at radius 2 is 1.77 bits per heavy atom. The van der Waals surface area contributed by atoms with Crippen LogP contribution in [0.25, 0.3) is 0 Å². The number of carbonyl (C=O) groups is 2. The van der Waals surface area contributed by atoms with E-state index in [0.29, 0.717) is 5.69 Å². The lowest BCUT2D eigenvalue weighted by Crippen LogP contribution is -2.30. The number of nitrogens with one attached hydrogen (secondary N) is 2. The van der Waals surface area contributed by atoms with E-state index in [0.717, 1.165) is 4.47 Å². The molecule has 0 aromatic heterocycles. The van der Waals surface area contributed by atoms with Crippen molar-refractivity contribution >= 4 is 43.5 Å². The number of ether oxygens (including phenoxy) is 1. The molecule has 0 aliphatic carbocycles. The number of anilines is 1. The third-order valence-corrected chi connectivity index (χ3v) is 5.35. The quantitative estimate of drug-likeness (QED) is 0.671. The number of esters is 1. The zero-order valence-corrected chi connectivity index (χ0v) is 16.4. The van der Waals surface area contributed by atoms with Gasteiger partial charge in [-0.3, -0.25) is 4.79 Å². The molecule has 138 valence electrons. The average Bonchev–Trinajstić information content (AvgIpc) is 2.63. The predicted octanol–water partition coefficient (Wildman–Crippen LogP) is 2.54. The molecular weight excluding hydrogens is 424 g/mol. The van der Waals surface area contributed by atoms with E-state index in [1.165, 1.54) is 38.2 Å². The fourth-order valence-electron chi connectivity index (χ4n) is 1.97. The van der Waals surface area contributed by atoms with Gasteiger partial charge in [0.15, 0.2) is 6.10 Å². The summed E-state index contributed by atoms with van der Waals surface area (Å²) >= 11 is 3.29. The van der Waals surface area contributed by atoms with Crippen molar-refractivity contribution in [1.82, 2.24) is 4.72 Å². The van der Waals surface area contributed by atoms with Gasteiger partial charge >= 0.3 is 5.97 Å². The molecule has 26 heavy (non-hydrogen) atoms. The van der Waals surface area contributed by atoms with Crippen LogP contribution in [0, 0.1) is 0 Å². The van der Waals surface area contributed by atoms with Gasteiger partial charge in [0.1, 0.15) is 0 Å². The SMILES string of the molecule is CNS(=O)(=O)c1cccc(C(=O)OC(C)C(=O)Nc2ccc(Br)cc2)c1. The molecule has 2 rings (SSSR count). The molecule has 1 amide bonds. The molecule has 0 aliphatic rings. The first kappa shape index (κ1) is 20.1. The van der Waals surface area contributed by atoms with Gasteiger partial charge < -0.3 is 10.1 Å². The molecule has 2 N–H and O–H groups in total. The molecule has 2 aromatic carbocycles. The van der Waals surface area contributed by atoms with Gasteiger partial charge in [0.25, 0.3) is 5.91 Å². The van der Waals surface area contributed by atoms with E-state index in [1.54, 1.807) is 24.3 Å². The van der Waals surface area contributed by atoms with Crippen molar-refractivity contribution in [2.45, 2.75) is 17.9 Å². The minimum atomic E-state index is -3.68. The van der Waals surface area contributed by atoms with Crippen molar-refractivity contribution in [3.05, 3.63) is 58.6 Å². The van der Waals surface area contributed by atoms with Gasteiger partial charge in [0, 0.05) is 10.2 Å². The Morgan fingerprint density at radius 3 is 2.38 bits per heavy atom. The molecular formula is C17H17BrN2O5S. The predicted molar refractivity (Wildman–Crippen MR) is 100 cm³/mol. The smallest absolute Gasteiger partial charge is 0.338 e. The van der Waals surface area contributed by atoms with Gasteiger partial charge in [-0.15, -0.1) is 0 Å². The highest BCUT2D eigenvalue weighted by molar-refractivity contribution is 9.10. The summed E-state index contributed by atoms with van der Waals surface area (Å²) in [6.45, 7) is 1.43. The van der Waals surface area contributed by atoms with E-state index in [1.807, 2.05) is 0 Å². The Hall–Kier alpha value is -2.23. The van der Waals surface area contributed by atoms with Gasteiger partial charge in [-0.05, 0) is 56.4 Å². The molecule has 2 aromatic rings. The molecule has 0 aliphatic heterocycles. The van der Waals surface area contributed by atoms with Crippen LogP contribution in [-0.4, -0.2) is 33.4 Å². The first-order valence-corrected chi connectivity index (χ1v) is 9.81. The van der Waals surface area contributed by atoms with Gasteiger partial charge in [0.2, 0.25) is 10.0 Å². The average molecular weight is 441 g/mol. The summed E-state index contributed by atoms with van der Waals surface area (Å²) in [5, 5.41) is 2.63. The monoisotopic (exact) mass is 440 g/mol. The minimum Gasteiger partial charge on any atom is -0.449 e. The van der Waals surface area contributed by atoms with Crippen LogP contribution in [0.4, 0.5) is 5.69 Å². The van der Waals surface area contributed by atoms with Crippen LogP contribution in [0.3, 0.4) is 0 Å². The molecule has 0 bridgehead atoms. The maximum Gasteiger partial charge on any atom is 0.338 e. The summed E-state index contributed by atoms with van der Waals surface area (Å²) in [6, 6.07) is 12.3. The largest absolute Gasteiger partial charge is 0.449 e. The lowest BCUT2D eigenvalue weighted by atomic mass is 10.2. The number of sulfonamides is 1. The standard InChI is InChI=1S/C17H17BrN2O5S/c1-11(16(21)20-14-8-6-13(18)7-9-14)25-17(22)12-4-3-5-15(10-12)26(23,24)19-2/h3-11,19H,1-2H3,(H,20,21). The van der Waals surface area contributed by atoms with E-state index in [2.05, 4.69) is 26.0 Å². The molecule has 0 saturated carbocycles. The third kappa shape index (κ3) is 5.13. The Balaban J connectivity index is 2.05. The van der Waals surface area contributed by atoms with Crippen molar-refractivity contribution < 1.29 is 22.7 Å². The summed E-state index contributed by atoms with van der Waals surface area (Å²) in [6.07, 6.45) is -1.06. The highest BCUT2D eigenvalue weighted by Crippen LogP contribution is 2.16. The minimum absolute atomic E-state index is 0.0321. The van der Waals surface area contributed by atoms with Crippen molar-refractivity contribution in [1.29, 1.82) is 0 Å². The van der Waals surface area contributed by atoms with Crippen molar-refractivity contribution in [3.8, 4) is 0 Å². The second-order valence-electron chi connectivity index (χ2n) is 5.28. The highest BCUT2D eigenvalue weighted by Gasteiger charge is 2.20. The summed E-state index contributed by atoms with van der Waals surface area (Å²) in [5.74, 6) is -1.30. The summed E-state index contributed by atoms with van der Waals surface area (Å²) in [4.78, 5) is 24.3. The Kier molecular flexibility index (Phi) is 6.52. The maximum atomic E-state index is 12.2. The number of halogens is 1. The lowest BCUT2D eigenvalue weighted by Gasteiger charge is -2.14. The van der Waals surface area contributed by atoms with Crippen LogP contribution in [0.1, 0.15) is 17.3 Å². The van der Waals surface area contributed by atoms with Crippen LogP contribution >= 0.6 is 15.9 Å². The summed E-state index contributed by atoms with van der Waals surface area (Å²) in [5.41, 5.74) is 0.591. The van der Waals surface area contributed by atoms with Crippen LogP contribution in [0.15, 0.2) is 57.9 Å². The number of rotatable bonds is 6. The fourth-order valence-corrected chi connectivity index (χ4v) is 3.01. The number of hydrogen-bond donors (Lipinski definition) is 2. The Labute approximate surface area is 159 Å². The van der Waals surface area contributed by atoms with Gasteiger partial charge in [0.05, 0.1) is 10.5 Å². The zero-order valence-electron chi connectivity index (χ0n) is 14.0. The third-order valence-electron chi connectivity index (χ3n) is 3.41. The molecule has 7 nitrogen and oxygen atoms in total. The number of benzene rings is 2. The lowest BCUT2D eigenvalue weighted by molar-refractivity contribution is -0.123. The molecule has 0 spiro atoms. The number of hydrogen-bond acceptors (Lipinski definition) is 5. The normalized spacial score (nSPS) is 12.3. The van der Waals surface area contributed by atoms with Crippen molar-refractivity contribution in [3.63, 3.8) is 0 Å². The van der Waals surface area contributed by atoms with Crippen LogP contribution < -0.4 is 10.0 Å². The zero-order chi connectivity index (χ0) is 19.3. The van der Waals surface area contributed by atoms with Gasteiger partial charge in [-0.2, -0.15) is 0 Å². The van der Waals surface area contributed by atoms with Crippen molar-refractivity contribution in [2.24, 2.45) is 0 Å². The first-order valence-electron chi connectivity index (χ1n) is 7.54. The molecule has 9 heteroatoms. The Bertz CT molecular complexity index is 913. The van der Waals surface area contributed by atoms with E-state index in [4.69, 9.17) is 4.74 Å². The summed E-state index contributed by atoms with van der Waals surface area (Å²) in [7, 11) is -2.41. The van der Waals surface area contributed by atoms with Gasteiger partial charge in [-0.25, -0.2) is 17.9 Å². The Morgan fingerprint density at radius 1 is 1.12 bits per heavy atom. The first-order chi connectivity index (χ1) is 12.2. The molecule has 0 fully saturated rings. The van der Waals surface area contributed by atoms with E-state index in [-0.39, 0.29) is 10.5 Å². The van der Waals surface area contributed by atoms with E-state index < -0.39 is 28.0 Å². The fraction of sp³-hybridized carbons (Fsp3) is 0.176.